The number of carboxylic acid groups (broad SMARTS) is 1. The first-order chi connectivity index (χ1) is 9.10. The van der Waals surface area contributed by atoms with Gasteiger partial charge in [-0.1, -0.05) is 23.4 Å². The number of aromatic nitrogens is 1. The molecule has 4 nitrogen and oxygen atoms in total. The fourth-order valence-corrected chi connectivity index (χ4v) is 2.37. The topological polar surface area (TPSA) is 59.4 Å². The van der Waals surface area contributed by atoms with Crippen molar-refractivity contribution in [2.45, 2.75) is 9.92 Å². The second-order valence-electron chi connectivity index (χ2n) is 3.56. The molecule has 0 atom stereocenters. The Bertz CT molecular complexity index is 601. The highest BCUT2D eigenvalue weighted by Crippen LogP contribution is 2.29. The molecule has 0 aliphatic carbocycles. The van der Waals surface area contributed by atoms with E-state index in [1.54, 1.807) is 13.2 Å². The molecular formula is C13H10ClNO3S. The Morgan fingerprint density at radius 3 is 2.53 bits per heavy atom. The van der Waals surface area contributed by atoms with Gasteiger partial charge in [0.15, 0.2) is 5.69 Å². The van der Waals surface area contributed by atoms with Crippen molar-refractivity contribution in [2.75, 3.05) is 7.11 Å². The normalized spacial score (nSPS) is 10.2. The minimum Gasteiger partial charge on any atom is -0.497 e. The summed E-state index contributed by atoms with van der Waals surface area (Å²) in [6, 6.07) is 10.6. The molecule has 2 aromatic rings. The van der Waals surface area contributed by atoms with Crippen LogP contribution in [0.25, 0.3) is 0 Å². The van der Waals surface area contributed by atoms with Crippen LogP contribution in [0.2, 0.25) is 5.02 Å². The van der Waals surface area contributed by atoms with Crippen LogP contribution in [0.3, 0.4) is 0 Å². The van der Waals surface area contributed by atoms with E-state index in [0.29, 0.717) is 5.03 Å². The van der Waals surface area contributed by atoms with Gasteiger partial charge in [-0.15, -0.1) is 0 Å². The Balaban J connectivity index is 2.22. The third-order valence-corrected chi connectivity index (χ3v) is 3.55. The number of rotatable bonds is 4. The molecule has 0 saturated carbocycles. The highest BCUT2D eigenvalue weighted by atomic mass is 35.5. The van der Waals surface area contributed by atoms with E-state index in [0.717, 1.165) is 10.6 Å². The first kappa shape index (κ1) is 13.7. The maximum atomic E-state index is 10.9. The van der Waals surface area contributed by atoms with Crippen molar-refractivity contribution in [3.05, 3.63) is 47.1 Å². The number of aromatic carboxylic acids is 1. The Morgan fingerprint density at radius 2 is 1.95 bits per heavy atom. The minimum absolute atomic E-state index is 0.131. The maximum Gasteiger partial charge on any atom is 0.356 e. The van der Waals surface area contributed by atoms with Crippen LogP contribution in [0, 0.1) is 0 Å². The number of pyridine rings is 1. The number of carbonyl (C=O) groups is 1. The number of hydrogen-bond donors (Lipinski definition) is 1. The number of methoxy groups -OCH3 is 1. The summed E-state index contributed by atoms with van der Waals surface area (Å²) in [6.45, 7) is 0. The highest BCUT2D eigenvalue weighted by Gasteiger charge is 2.12. The van der Waals surface area contributed by atoms with Crippen molar-refractivity contribution in [1.82, 2.24) is 4.98 Å². The molecule has 0 aliphatic heterocycles. The lowest BCUT2D eigenvalue weighted by Crippen LogP contribution is -2.01. The summed E-state index contributed by atoms with van der Waals surface area (Å²) in [5.74, 6) is -0.373. The average Bonchev–Trinajstić information content (AvgIpc) is 2.41. The van der Waals surface area contributed by atoms with Crippen LogP contribution in [-0.4, -0.2) is 23.2 Å². The molecule has 0 bridgehead atoms. The second kappa shape index (κ2) is 5.95. The molecule has 0 amide bonds. The highest BCUT2D eigenvalue weighted by molar-refractivity contribution is 7.99. The van der Waals surface area contributed by atoms with Crippen LogP contribution >= 0.6 is 23.4 Å². The summed E-state index contributed by atoms with van der Waals surface area (Å²) in [4.78, 5) is 15.9. The lowest BCUT2D eigenvalue weighted by atomic mass is 10.3. The van der Waals surface area contributed by atoms with Crippen LogP contribution in [0.15, 0.2) is 46.3 Å². The number of benzene rings is 1. The summed E-state index contributed by atoms with van der Waals surface area (Å²) in [7, 11) is 1.60. The van der Waals surface area contributed by atoms with Crippen LogP contribution < -0.4 is 4.74 Å². The zero-order valence-electron chi connectivity index (χ0n) is 9.96. The Hall–Kier alpha value is -1.72. The predicted octanol–water partition coefficient (Wildman–Crippen LogP) is 3.59. The zero-order valence-corrected chi connectivity index (χ0v) is 11.5. The predicted molar refractivity (Wildman–Crippen MR) is 73.3 cm³/mol. The van der Waals surface area contributed by atoms with Gasteiger partial charge in [0.25, 0.3) is 0 Å². The number of carboxylic acids is 1. The molecule has 1 aromatic carbocycles. The molecule has 0 radical (unpaired) electrons. The number of ether oxygens (including phenoxy) is 1. The van der Waals surface area contributed by atoms with Crippen molar-refractivity contribution in [2.24, 2.45) is 0 Å². The molecule has 1 N–H and O–H groups in total. The molecule has 19 heavy (non-hydrogen) atoms. The van der Waals surface area contributed by atoms with Crippen molar-refractivity contribution < 1.29 is 14.6 Å². The van der Waals surface area contributed by atoms with Crippen LogP contribution in [0.5, 0.6) is 5.75 Å². The Morgan fingerprint density at radius 1 is 1.26 bits per heavy atom. The third-order valence-electron chi connectivity index (χ3n) is 2.30. The molecule has 0 saturated heterocycles. The van der Waals surface area contributed by atoms with Crippen LogP contribution in [0.1, 0.15) is 10.5 Å². The van der Waals surface area contributed by atoms with E-state index in [9.17, 15) is 4.79 Å². The van der Waals surface area contributed by atoms with Gasteiger partial charge in [-0.3, -0.25) is 0 Å². The quantitative estimate of drug-likeness (QED) is 0.934. The Kier molecular flexibility index (Phi) is 4.29. The SMILES string of the molecule is COc1ccc(Sc2ccc(Cl)c(C(=O)O)n2)cc1. The van der Waals surface area contributed by atoms with E-state index in [4.69, 9.17) is 21.4 Å². The van der Waals surface area contributed by atoms with Crippen molar-refractivity contribution in [3.63, 3.8) is 0 Å². The fraction of sp³-hybridized carbons (Fsp3) is 0.0769. The summed E-state index contributed by atoms with van der Waals surface area (Å²) in [5.41, 5.74) is -0.139. The first-order valence-electron chi connectivity index (χ1n) is 5.32. The largest absolute Gasteiger partial charge is 0.497 e. The van der Waals surface area contributed by atoms with Gasteiger partial charge < -0.3 is 9.84 Å². The number of halogens is 1. The van der Waals surface area contributed by atoms with E-state index in [2.05, 4.69) is 4.98 Å². The number of hydrogen-bond acceptors (Lipinski definition) is 4. The van der Waals surface area contributed by atoms with Gasteiger partial charge in [-0.05, 0) is 36.4 Å². The number of nitrogens with zero attached hydrogens (tertiary/aromatic N) is 1. The molecule has 0 aliphatic rings. The zero-order chi connectivity index (χ0) is 13.8. The van der Waals surface area contributed by atoms with Crippen molar-refractivity contribution in [3.8, 4) is 5.75 Å². The molecule has 1 aromatic heterocycles. The first-order valence-corrected chi connectivity index (χ1v) is 6.51. The fourth-order valence-electron chi connectivity index (χ4n) is 1.40. The maximum absolute atomic E-state index is 10.9. The summed E-state index contributed by atoms with van der Waals surface area (Å²) in [5, 5.41) is 9.66. The lowest BCUT2D eigenvalue weighted by Gasteiger charge is -2.04. The lowest BCUT2D eigenvalue weighted by molar-refractivity contribution is 0.0690. The van der Waals surface area contributed by atoms with E-state index in [1.165, 1.54) is 17.8 Å². The summed E-state index contributed by atoms with van der Waals surface area (Å²) >= 11 is 7.12. The summed E-state index contributed by atoms with van der Waals surface area (Å²) in [6.07, 6.45) is 0. The van der Waals surface area contributed by atoms with Crippen LogP contribution in [-0.2, 0) is 0 Å². The molecule has 6 heteroatoms. The molecular weight excluding hydrogens is 286 g/mol. The third kappa shape index (κ3) is 3.39. The standard InChI is InChI=1S/C13H10ClNO3S/c1-18-8-2-4-9(5-3-8)19-11-7-6-10(14)12(15-11)13(16)17/h2-7H,1H3,(H,16,17). The van der Waals surface area contributed by atoms with Gasteiger partial charge in [-0.25, -0.2) is 9.78 Å². The van der Waals surface area contributed by atoms with Gasteiger partial charge in [-0.2, -0.15) is 0 Å². The van der Waals surface area contributed by atoms with Gasteiger partial charge in [0.2, 0.25) is 0 Å². The van der Waals surface area contributed by atoms with E-state index < -0.39 is 5.97 Å². The van der Waals surface area contributed by atoms with E-state index >= 15 is 0 Å². The van der Waals surface area contributed by atoms with Crippen molar-refractivity contribution in [1.29, 1.82) is 0 Å². The van der Waals surface area contributed by atoms with E-state index in [1.807, 2.05) is 24.3 Å². The molecule has 1 heterocycles. The van der Waals surface area contributed by atoms with E-state index in [-0.39, 0.29) is 10.7 Å². The summed E-state index contributed by atoms with van der Waals surface area (Å²) < 4.78 is 5.07. The van der Waals surface area contributed by atoms with Gasteiger partial charge >= 0.3 is 5.97 Å². The molecule has 0 spiro atoms. The van der Waals surface area contributed by atoms with Crippen LogP contribution in [0.4, 0.5) is 0 Å². The molecule has 2 rings (SSSR count). The van der Waals surface area contributed by atoms with Crippen molar-refractivity contribution >= 4 is 29.3 Å². The average molecular weight is 296 g/mol. The van der Waals surface area contributed by atoms with Gasteiger partial charge in [0.05, 0.1) is 12.1 Å². The second-order valence-corrected chi connectivity index (χ2v) is 5.06. The van der Waals surface area contributed by atoms with Gasteiger partial charge in [0, 0.05) is 4.90 Å². The Labute approximate surface area is 119 Å². The monoisotopic (exact) mass is 295 g/mol. The molecule has 0 unspecified atom stereocenters. The minimum atomic E-state index is -1.14. The molecule has 98 valence electrons. The van der Waals surface area contributed by atoms with Gasteiger partial charge in [0.1, 0.15) is 10.8 Å². The molecule has 0 fully saturated rings. The smallest absolute Gasteiger partial charge is 0.356 e.